The van der Waals surface area contributed by atoms with E-state index in [0.29, 0.717) is 5.82 Å². The lowest BCUT2D eigenvalue weighted by Crippen LogP contribution is -2.15. The van der Waals surface area contributed by atoms with Gasteiger partial charge in [-0.3, -0.25) is 4.79 Å². The number of aromatic nitrogens is 2. The van der Waals surface area contributed by atoms with Gasteiger partial charge in [0.2, 0.25) is 0 Å². The molecule has 0 aliphatic heterocycles. The van der Waals surface area contributed by atoms with E-state index in [-0.39, 0.29) is 11.5 Å². The zero-order valence-corrected chi connectivity index (χ0v) is 11.4. The largest absolute Gasteiger partial charge is 0.370 e. The van der Waals surface area contributed by atoms with Gasteiger partial charge in [0.1, 0.15) is 11.6 Å². The van der Waals surface area contributed by atoms with Crippen LogP contribution < -0.4 is 10.9 Å². The van der Waals surface area contributed by atoms with Crippen LogP contribution in [-0.4, -0.2) is 16.5 Å². The van der Waals surface area contributed by atoms with Crippen molar-refractivity contribution >= 4 is 17.2 Å². The highest BCUT2D eigenvalue weighted by Crippen LogP contribution is 2.10. The maximum atomic E-state index is 11.5. The molecule has 0 fully saturated rings. The minimum Gasteiger partial charge on any atom is -0.370 e. The SMILES string of the molecule is CC(C)c1nc(NCCc2ccsc2)cc(=O)[nH]1. The molecular formula is C13H17N3OS. The van der Waals surface area contributed by atoms with Crippen LogP contribution in [0.4, 0.5) is 5.82 Å². The van der Waals surface area contributed by atoms with Crippen LogP contribution in [0.3, 0.4) is 0 Å². The van der Waals surface area contributed by atoms with E-state index >= 15 is 0 Å². The maximum absolute atomic E-state index is 11.5. The molecule has 0 atom stereocenters. The molecule has 18 heavy (non-hydrogen) atoms. The zero-order valence-electron chi connectivity index (χ0n) is 10.6. The topological polar surface area (TPSA) is 57.8 Å². The van der Waals surface area contributed by atoms with Crippen molar-refractivity contribution in [2.45, 2.75) is 26.2 Å². The fraction of sp³-hybridized carbons (Fsp3) is 0.385. The summed E-state index contributed by atoms with van der Waals surface area (Å²) in [6, 6.07) is 3.61. The number of H-pyrrole nitrogens is 1. The summed E-state index contributed by atoms with van der Waals surface area (Å²) in [4.78, 5) is 18.6. The second kappa shape index (κ2) is 5.82. The molecule has 0 unspecified atom stereocenters. The van der Waals surface area contributed by atoms with Crippen molar-refractivity contribution in [3.05, 3.63) is 44.6 Å². The summed E-state index contributed by atoms with van der Waals surface area (Å²) in [5.74, 6) is 1.59. The highest BCUT2D eigenvalue weighted by atomic mass is 32.1. The Labute approximate surface area is 110 Å². The van der Waals surface area contributed by atoms with Crippen molar-refractivity contribution in [2.24, 2.45) is 0 Å². The van der Waals surface area contributed by atoms with E-state index in [1.54, 1.807) is 11.3 Å². The van der Waals surface area contributed by atoms with E-state index in [1.165, 1.54) is 11.6 Å². The highest BCUT2D eigenvalue weighted by molar-refractivity contribution is 7.07. The van der Waals surface area contributed by atoms with E-state index in [1.807, 2.05) is 13.8 Å². The number of hydrogen-bond donors (Lipinski definition) is 2. The Morgan fingerprint density at radius 1 is 1.50 bits per heavy atom. The van der Waals surface area contributed by atoms with Crippen molar-refractivity contribution in [1.82, 2.24) is 9.97 Å². The molecule has 5 heteroatoms. The molecule has 0 bridgehead atoms. The van der Waals surface area contributed by atoms with Crippen molar-refractivity contribution in [3.63, 3.8) is 0 Å². The number of anilines is 1. The number of hydrogen-bond acceptors (Lipinski definition) is 4. The first-order valence-electron chi connectivity index (χ1n) is 6.01. The number of aromatic amines is 1. The second-order valence-electron chi connectivity index (χ2n) is 4.48. The molecule has 2 rings (SSSR count). The predicted molar refractivity (Wildman–Crippen MR) is 75.5 cm³/mol. The third-order valence-electron chi connectivity index (χ3n) is 2.61. The van der Waals surface area contributed by atoms with E-state index in [2.05, 4.69) is 32.1 Å². The fourth-order valence-corrected chi connectivity index (χ4v) is 2.31. The Morgan fingerprint density at radius 2 is 2.33 bits per heavy atom. The molecule has 2 aromatic rings. The maximum Gasteiger partial charge on any atom is 0.252 e. The average molecular weight is 263 g/mol. The van der Waals surface area contributed by atoms with Crippen LogP contribution in [0.15, 0.2) is 27.7 Å². The molecule has 0 radical (unpaired) electrons. The molecule has 0 saturated heterocycles. The lowest BCUT2D eigenvalue weighted by Gasteiger charge is -2.08. The van der Waals surface area contributed by atoms with Gasteiger partial charge >= 0.3 is 0 Å². The molecular weight excluding hydrogens is 246 g/mol. The van der Waals surface area contributed by atoms with Crippen LogP contribution >= 0.6 is 11.3 Å². The van der Waals surface area contributed by atoms with Crippen molar-refractivity contribution in [2.75, 3.05) is 11.9 Å². The van der Waals surface area contributed by atoms with Crippen LogP contribution in [-0.2, 0) is 6.42 Å². The van der Waals surface area contributed by atoms with Gasteiger partial charge in [0.15, 0.2) is 0 Å². The van der Waals surface area contributed by atoms with Gasteiger partial charge in [-0.05, 0) is 28.8 Å². The zero-order chi connectivity index (χ0) is 13.0. The molecule has 4 nitrogen and oxygen atoms in total. The molecule has 2 N–H and O–H groups in total. The van der Waals surface area contributed by atoms with E-state index < -0.39 is 0 Å². The van der Waals surface area contributed by atoms with Crippen LogP contribution in [0.5, 0.6) is 0 Å². The van der Waals surface area contributed by atoms with Gasteiger partial charge < -0.3 is 10.3 Å². The van der Waals surface area contributed by atoms with Crippen LogP contribution in [0.25, 0.3) is 0 Å². The molecule has 0 aromatic carbocycles. The summed E-state index contributed by atoms with van der Waals surface area (Å²) in [6.07, 6.45) is 0.939. The monoisotopic (exact) mass is 263 g/mol. The first-order chi connectivity index (χ1) is 8.65. The Hall–Kier alpha value is -1.62. The lowest BCUT2D eigenvalue weighted by atomic mass is 10.2. The van der Waals surface area contributed by atoms with Gasteiger partial charge in [-0.15, -0.1) is 0 Å². The molecule has 0 amide bonds. The normalized spacial score (nSPS) is 10.8. The summed E-state index contributed by atoms with van der Waals surface area (Å²) in [6.45, 7) is 4.80. The number of rotatable bonds is 5. The minimum atomic E-state index is -0.105. The molecule has 0 aliphatic carbocycles. The fourth-order valence-electron chi connectivity index (χ4n) is 1.61. The predicted octanol–water partition coefficient (Wildman–Crippen LogP) is 2.61. The van der Waals surface area contributed by atoms with E-state index in [0.717, 1.165) is 18.8 Å². The molecule has 0 spiro atoms. The van der Waals surface area contributed by atoms with Gasteiger partial charge in [-0.25, -0.2) is 4.98 Å². The van der Waals surface area contributed by atoms with Crippen molar-refractivity contribution < 1.29 is 0 Å². The number of thiophene rings is 1. The Morgan fingerprint density at radius 3 is 3.00 bits per heavy atom. The first kappa shape index (κ1) is 12.8. The molecule has 0 saturated carbocycles. The van der Waals surface area contributed by atoms with Gasteiger partial charge in [0.05, 0.1) is 0 Å². The third kappa shape index (κ3) is 3.43. The Kier molecular flexibility index (Phi) is 4.15. The summed E-state index contributed by atoms with van der Waals surface area (Å²) in [5.41, 5.74) is 1.20. The third-order valence-corrected chi connectivity index (χ3v) is 3.34. The number of nitrogens with one attached hydrogen (secondary N) is 2. The van der Waals surface area contributed by atoms with E-state index in [4.69, 9.17) is 0 Å². The average Bonchev–Trinajstić information content (AvgIpc) is 2.81. The Bertz CT molecular complexity index is 546. The molecule has 0 aliphatic rings. The smallest absolute Gasteiger partial charge is 0.252 e. The van der Waals surface area contributed by atoms with Gasteiger partial charge in [-0.2, -0.15) is 11.3 Å². The summed E-state index contributed by atoms with van der Waals surface area (Å²) >= 11 is 1.70. The standard InChI is InChI=1S/C13H17N3OS/c1-9(2)13-15-11(7-12(17)16-13)14-5-3-10-4-6-18-8-10/h4,6-9H,3,5H2,1-2H3,(H2,14,15,16,17). The Balaban J connectivity index is 1.98. The van der Waals surface area contributed by atoms with Crippen molar-refractivity contribution in [1.29, 1.82) is 0 Å². The summed E-state index contributed by atoms with van der Waals surface area (Å²) in [5, 5.41) is 7.39. The van der Waals surface area contributed by atoms with Gasteiger partial charge in [0.25, 0.3) is 5.56 Å². The van der Waals surface area contributed by atoms with Crippen LogP contribution in [0.2, 0.25) is 0 Å². The van der Waals surface area contributed by atoms with Crippen LogP contribution in [0, 0.1) is 0 Å². The molecule has 2 heterocycles. The molecule has 2 aromatic heterocycles. The summed E-state index contributed by atoms with van der Waals surface area (Å²) in [7, 11) is 0. The van der Waals surface area contributed by atoms with E-state index in [9.17, 15) is 4.79 Å². The second-order valence-corrected chi connectivity index (χ2v) is 5.26. The lowest BCUT2D eigenvalue weighted by molar-refractivity contribution is 0.766. The minimum absolute atomic E-state index is 0.105. The molecule has 96 valence electrons. The number of nitrogens with zero attached hydrogens (tertiary/aromatic N) is 1. The first-order valence-corrected chi connectivity index (χ1v) is 6.95. The van der Waals surface area contributed by atoms with Crippen LogP contribution in [0.1, 0.15) is 31.2 Å². The quantitative estimate of drug-likeness (QED) is 0.871. The van der Waals surface area contributed by atoms with Gasteiger partial charge in [0, 0.05) is 18.5 Å². The summed E-state index contributed by atoms with van der Waals surface area (Å²) < 4.78 is 0. The van der Waals surface area contributed by atoms with Gasteiger partial charge in [-0.1, -0.05) is 13.8 Å². The highest BCUT2D eigenvalue weighted by Gasteiger charge is 2.04. The van der Waals surface area contributed by atoms with Crippen molar-refractivity contribution in [3.8, 4) is 0 Å².